The first-order valence-electron chi connectivity index (χ1n) is 5.39. The first kappa shape index (κ1) is 12.6. The van der Waals surface area contributed by atoms with Gasteiger partial charge >= 0.3 is 0 Å². The lowest BCUT2D eigenvalue weighted by Crippen LogP contribution is -1.97. The first-order valence-corrected chi connectivity index (χ1v) is 5.39. The zero-order valence-corrected chi connectivity index (χ0v) is 8.94. The van der Waals surface area contributed by atoms with Crippen LogP contribution in [-0.2, 0) is 0 Å². The summed E-state index contributed by atoms with van der Waals surface area (Å²) in [5, 5.41) is 0. The van der Waals surface area contributed by atoms with Crippen LogP contribution in [0.15, 0.2) is 0 Å². The fourth-order valence-corrected chi connectivity index (χ4v) is 1.58. The van der Waals surface area contributed by atoms with Gasteiger partial charge in [0.25, 0.3) is 0 Å². The fourth-order valence-electron chi connectivity index (χ4n) is 1.58. The normalized spacial score (nSPS) is 11.9. The summed E-state index contributed by atoms with van der Waals surface area (Å²) in [7, 11) is 0. The van der Waals surface area contributed by atoms with E-state index in [0.29, 0.717) is 0 Å². The average Bonchev–Trinajstić information content (AvgIpc) is 2.16. The van der Waals surface area contributed by atoms with Gasteiger partial charge in [-0.05, 0) is 12.3 Å². The van der Waals surface area contributed by atoms with Crippen LogP contribution in [0.2, 0.25) is 0 Å². The highest BCUT2D eigenvalue weighted by Crippen LogP contribution is 2.18. The molecule has 0 rings (SSSR count). The SMILES string of the molecule is [CH2]C#CCCCCC(CC)CC[CH2]. The molecule has 0 saturated heterocycles. The van der Waals surface area contributed by atoms with E-state index in [2.05, 4.69) is 32.6 Å². The van der Waals surface area contributed by atoms with E-state index in [-0.39, 0.29) is 0 Å². The lowest BCUT2D eigenvalue weighted by atomic mass is 9.94. The molecule has 0 aliphatic carbocycles. The largest absolute Gasteiger partial charge is 0.103 e. The average molecular weight is 178 g/mol. The standard InChI is InChI=1S/C13H22/c1-4-7-8-9-10-12-13(6-3)11-5-2/h13H,1-2,5-6,8-12H2,3H3. The van der Waals surface area contributed by atoms with Crippen molar-refractivity contribution >= 4 is 0 Å². The molecule has 0 aromatic carbocycles. The second-order valence-electron chi connectivity index (χ2n) is 3.52. The van der Waals surface area contributed by atoms with Crippen LogP contribution < -0.4 is 0 Å². The third-order valence-electron chi connectivity index (χ3n) is 2.48. The molecular weight excluding hydrogens is 156 g/mol. The van der Waals surface area contributed by atoms with Gasteiger partial charge in [0.2, 0.25) is 0 Å². The molecule has 0 bridgehead atoms. The smallest absolute Gasteiger partial charge is 0.0198 e. The summed E-state index contributed by atoms with van der Waals surface area (Å²) >= 11 is 0. The van der Waals surface area contributed by atoms with Gasteiger partial charge in [0.15, 0.2) is 0 Å². The van der Waals surface area contributed by atoms with Gasteiger partial charge in [-0.25, -0.2) is 0 Å². The molecule has 0 amide bonds. The van der Waals surface area contributed by atoms with E-state index in [1.165, 1.54) is 32.1 Å². The molecule has 0 nitrogen and oxygen atoms in total. The van der Waals surface area contributed by atoms with Crippen molar-refractivity contribution in [2.75, 3.05) is 0 Å². The fraction of sp³-hybridized carbons (Fsp3) is 0.692. The lowest BCUT2D eigenvalue weighted by molar-refractivity contribution is 0.421. The minimum absolute atomic E-state index is 0.894. The molecule has 0 heterocycles. The first-order chi connectivity index (χ1) is 6.35. The Labute approximate surface area is 84.1 Å². The van der Waals surface area contributed by atoms with Crippen molar-refractivity contribution < 1.29 is 0 Å². The second kappa shape index (κ2) is 9.65. The van der Waals surface area contributed by atoms with E-state index in [4.69, 9.17) is 0 Å². The zero-order valence-electron chi connectivity index (χ0n) is 8.94. The zero-order chi connectivity index (χ0) is 9.94. The van der Waals surface area contributed by atoms with E-state index in [9.17, 15) is 0 Å². The van der Waals surface area contributed by atoms with Gasteiger partial charge in [0.05, 0.1) is 0 Å². The van der Waals surface area contributed by atoms with Crippen LogP contribution in [-0.4, -0.2) is 0 Å². The van der Waals surface area contributed by atoms with Crippen LogP contribution in [0.5, 0.6) is 0 Å². The summed E-state index contributed by atoms with van der Waals surface area (Å²) in [5.41, 5.74) is 0. The minimum Gasteiger partial charge on any atom is -0.103 e. The van der Waals surface area contributed by atoms with Crippen molar-refractivity contribution in [1.82, 2.24) is 0 Å². The number of hydrogen-bond acceptors (Lipinski definition) is 0. The molecule has 1 unspecified atom stereocenters. The molecule has 0 aliphatic rings. The predicted molar refractivity (Wildman–Crippen MR) is 60.0 cm³/mol. The molecule has 0 aromatic heterocycles. The number of rotatable bonds is 7. The molecule has 13 heavy (non-hydrogen) atoms. The van der Waals surface area contributed by atoms with Crippen LogP contribution in [0.25, 0.3) is 0 Å². The molecule has 0 saturated carbocycles. The monoisotopic (exact) mass is 178 g/mol. The summed E-state index contributed by atoms with van der Waals surface area (Å²) in [4.78, 5) is 0. The van der Waals surface area contributed by atoms with Crippen LogP contribution in [0.1, 0.15) is 51.9 Å². The number of unbranched alkanes of at least 4 members (excludes halogenated alkanes) is 2. The van der Waals surface area contributed by atoms with Crippen LogP contribution >= 0.6 is 0 Å². The Morgan fingerprint density at radius 3 is 2.54 bits per heavy atom. The van der Waals surface area contributed by atoms with E-state index < -0.39 is 0 Å². The van der Waals surface area contributed by atoms with Crippen molar-refractivity contribution in [3.8, 4) is 11.8 Å². The van der Waals surface area contributed by atoms with E-state index in [1.807, 2.05) is 0 Å². The van der Waals surface area contributed by atoms with Gasteiger partial charge in [-0.1, -0.05) is 46.0 Å². The highest BCUT2D eigenvalue weighted by Gasteiger charge is 2.03. The van der Waals surface area contributed by atoms with Gasteiger partial charge in [-0.15, -0.1) is 11.8 Å². The van der Waals surface area contributed by atoms with E-state index in [1.54, 1.807) is 0 Å². The molecule has 0 N–H and O–H groups in total. The summed E-state index contributed by atoms with van der Waals surface area (Å²) < 4.78 is 0. The molecule has 0 fully saturated rings. The van der Waals surface area contributed by atoms with Gasteiger partial charge < -0.3 is 0 Å². The molecular formula is C13H22. The molecule has 1 atom stereocenters. The Morgan fingerprint density at radius 1 is 1.23 bits per heavy atom. The summed E-state index contributed by atoms with van der Waals surface area (Å²) in [5.74, 6) is 6.58. The Hall–Kier alpha value is -0.440. The van der Waals surface area contributed by atoms with Gasteiger partial charge in [0.1, 0.15) is 0 Å². The van der Waals surface area contributed by atoms with E-state index >= 15 is 0 Å². The topological polar surface area (TPSA) is 0 Å². The molecule has 0 aromatic rings. The van der Waals surface area contributed by atoms with Crippen LogP contribution in [0.4, 0.5) is 0 Å². The van der Waals surface area contributed by atoms with Gasteiger partial charge in [-0.2, -0.15) is 0 Å². The van der Waals surface area contributed by atoms with Gasteiger partial charge in [-0.3, -0.25) is 0 Å². The van der Waals surface area contributed by atoms with Gasteiger partial charge in [0, 0.05) is 13.3 Å². The van der Waals surface area contributed by atoms with E-state index in [0.717, 1.165) is 18.8 Å². The highest BCUT2D eigenvalue weighted by atomic mass is 14.1. The summed E-state index contributed by atoms with van der Waals surface area (Å²) in [6.45, 7) is 9.67. The third kappa shape index (κ3) is 7.91. The molecule has 0 spiro atoms. The predicted octanol–water partition coefficient (Wildman–Crippen LogP) is 4.02. The van der Waals surface area contributed by atoms with Crippen molar-refractivity contribution in [3.63, 3.8) is 0 Å². The third-order valence-corrected chi connectivity index (χ3v) is 2.48. The van der Waals surface area contributed by atoms with Crippen LogP contribution in [0.3, 0.4) is 0 Å². The molecule has 2 radical (unpaired) electrons. The summed E-state index contributed by atoms with van der Waals surface area (Å²) in [6.07, 6.45) is 8.59. The number of hydrogen-bond donors (Lipinski definition) is 0. The maximum atomic E-state index is 3.90. The highest BCUT2D eigenvalue weighted by molar-refractivity contribution is 5.00. The van der Waals surface area contributed by atoms with Crippen molar-refractivity contribution in [2.24, 2.45) is 5.92 Å². The molecule has 0 heteroatoms. The van der Waals surface area contributed by atoms with Crippen molar-refractivity contribution in [2.45, 2.75) is 51.9 Å². The molecule has 0 aliphatic heterocycles. The minimum atomic E-state index is 0.894. The lowest BCUT2D eigenvalue weighted by Gasteiger charge is -2.12. The Kier molecular flexibility index (Phi) is 9.32. The van der Waals surface area contributed by atoms with Crippen LogP contribution in [0, 0.1) is 31.6 Å². The Morgan fingerprint density at radius 2 is 2.00 bits per heavy atom. The maximum absolute atomic E-state index is 3.90. The van der Waals surface area contributed by atoms with Crippen molar-refractivity contribution in [1.29, 1.82) is 0 Å². The maximum Gasteiger partial charge on any atom is 0.0198 e. The Bertz CT molecular complexity index is 147. The second-order valence-corrected chi connectivity index (χ2v) is 3.52. The summed E-state index contributed by atoms with van der Waals surface area (Å²) in [6, 6.07) is 0. The Balaban J connectivity index is 3.30. The van der Waals surface area contributed by atoms with Crippen molar-refractivity contribution in [3.05, 3.63) is 13.8 Å². The molecule has 74 valence electrons. The quantitative estimate of drug-likeness (QED) is 0.408.